The summed E-state index contributed by atoms with van der Waals surface area (Å²) in [5, 5.41) is 3.39. The Bertz CT molecular complexity index is 701. The normalized spacial score (nSPS) is 24.4. The molecule has 3 unspecified atom stereocenters. The van der Waals surface area contributed by atoms with Crippen molar-refractivity contribution >= 4 is 29.3 Å². The number of benzene rings is 1. The van der Waals surface area contributed by atoms with Crippen LogP contribution in [0.1, 0.15) is 25.3 Å². The van der Waals surface area contributed by atoms with Crippen LogP contribution < -0.4 is 5.32 Å². The lowest BCUT2D eigenvalue weighted by molar-refractivity contribution is -0.147. The molecule has 24 heavy (non-hydrogen) atoms. The van der Waals surface area contributed by atoms with E-state index < -0.39 is 12.0 Å². The lowest BCUT2D eigenvalue weighted by Crippen LogP contribution is -2.48. The van der Waals surface area contributed by atoms with Crippen molar-refractivity contribution in [2.24, 2.45) is 11.8 Å². The Labute approximate surface area is 145 Å². The molecule has 0 spiro atoms. The molecule has 0 aromatic heterocycles. The van der Waals surface area contributed by atoms with Crippen LogP contribution in [0.4, 0.5) is 0 Å². The van der Waals surface area contributed by atoms with Gasteiger partial charge >= 0.3 is 0 Å². The van der Waals surface area contributed by atoms with E-state index in [1.54, 1.807) is 13.0 Å². The summed E-state index contributed by atoms with van der Waals surface area (Å²) in [6, 6.07) is 8.66. The Morgan fingerprint density at radius 3 is 2.62 bits per heavy atom. The van der Waals surface area contributed by atoms with Crippen LogP contribution in [0.25, 0.3) is 0 Å². The Balaban J connectivity index is 1.66. The monoisotopic (exact) mass is 346 g/mol. The van der Waals surface area contributed by atoms with Crippen LogP contribution >= 0.6 is 11.6 Å². The summed E-state index contributed by atoms with van der Waals surface area (Å²) < 4.78 is 0. The average Bonchev–Trinajstić information content (AvgIpc) is 2.83. The van der Waals surface area contributed by atoms with Gasteiger partial charge in [-0.3, -0.25) is 19.3 Å². The van der Waals surface area contributed by atoms with Gasteiger partial charge in [0.15, 0.2) is 0 Å². The van der Waals surface area contributed by atoms with Crippen molar-refractivity contribution in [1.29, 1.82) is 0 Å². The van der Waals surface area contributed by atoms with Crippen LogP contribution in [0, 0.1) is 11.8 Å². The molecule has 1 aromatic carbocycles. The zero-order chi connectivity index (χ0) is 17.3. The predicted octanol–water partition coefficient (Wildman–Crippen LogP) is 2.21. The van der Waals surface area contributed by atoms with Crippen LogP contribution in [0.5, 0.6) is 0 Å². The number of amides is 3. The maximum absolute atomic E-state index is 12.6. The van der Waals surface area contributed by atoms with Crippen LogP contribution in [-0.4, -0.2) is 28.7 Å². The zero-order valence-electron chi connectivity index (χ0n) is 13.4. The van der Waals surface area contributed by atoms with E-state index in [4.69, 9.17) is 11.6 Å². The molecule has 3 rings (SSSR count). The predicted molar refractivity (Wildman–Crippen MR) is 89.8 cm³/mol. The molecule has 1 fully saturated rings. The minimum atomic E-state index is -0.821. The molecule has 1 heterocycles. The second-order valence-corrected chi connectivity index (χ2v) is 6.72. The molecule has 6 heteroatoms. The Kier molecular flexibility index (Phi) is 4.71. The quantitative estimate of drug-likeness (QED) is 0.850. The van der Waals surface area contributed by atoms with Crippen molar-refractivity contribution in [3.63, 3.8) is 0 Å². The fourth-order valence-electron chi connectivity index (χ4n) is 3.28. The topological polar surface area (TPSA) is 66.5 Å². The number of hydrogen-bond acceptors (Lipinski definition) is 3. The molecule has 5 nitrogen and oxygen atoms in total. The smallest absolute Gasteiger partial charge is 0.243 e. The number of carbonyl (C=O) groups is 3. The lowest BCUT2D eigenvalue weighted by Gasteiger charge is -2.22. The van der Waals surface area contributed by atoms with E-state index in [1.807, 2.05) is 30.3 Å². The molecule has 1 N–H and O–H groups in total. The van der Waals surface area contributed by atoms with Gasteiger partial charge in [0.2, 0.25) is 17.7 Å². The van der Waals surface area contributed by atoms with Gasteiger partial charge in [0.25, 0.3) is 0 Å². The van der Waals surface area contributed by atoms with E-state index in [0.717, 1.165) is 10.5 Å². The minimum Gasteiger partial charge on any atom is -0.350 e. The first-order chi connectivity index (χ1) is 11.5. The Morgan fingerprint density at radius 1 is 1.25 bits per heavy atom. The fraction of sp³-hybridized carbons (Fsp3) is 0.389. The molecule has 1 aromatic rings. The SMILES string of the molecule is CC(C(=O)NCc1ccccc1)N1C(=O)C2CC=C(Cl)CC2C1=O. The first kappa shape index (κ1) is 16.7. The van der Waals surface area contributed by atoms with Gasteiger partial charge in [-0.1, -0.05) is 48.0 Å². The summed E-state index contributed by atoms with van der Waals surface area (Å²) >= 11 is 6.00. The molecule has 0 radical (unpaired) electrons. The zero-order valence-corrected chi connectivity index (χ0v) is 14.1. The fourth-order valence-corrected chi connectivity index (χ4v) is 3.54. The van der Waals surface area contributed by atoms with Gasteiger partial charge < -0.3 is 5.32 Å². The van der Waals surface area contributed by atoms with Crippen LogP contribution in [0.2, 0.25) is 0 Å². The van der Waals surface area contributed by atoms with E-state index in [9.17, 15) is 14.4 Å². The van der Waals surface area contributed by atoms with Gasteiger partial charge in [0.1, 0.15) is 6.04 Å². The molecule has 0 saturated carbocycles. The number of fused-ring (bicyclic) bond motifs is 1. The van der Waals surface area contributed by atoms with Crippen molar-refractivity contribution < 1.29 is 14.4 Å². The van der Waals surface area contributed by atoms with Gasteiger partial charge in [-0.2, -0.15) is 0 Å². The number of hydrogen-bond donors (Lipinski definition) is 1. The summed E-state index contributed by atoms with van der Waals surface area (Å²) in [4.78, 5) is 38.6. The number of nitrogens with zero attached hydrogens (tertiary/aromatic N) is 1. The average molecular weight is 347 g/mol. The van der Waals surface area contributed by atoms with Crippen LogP contribution in [-0.2, 0) is 20.9 Å². The third-order valence-electron chi connectivity index (χ3n) is 4.68. The minimum absolute atomic E-state index is 0.271. The number of likely N-dealkylation sites (tertiary alicyclic amines) is 1. The molecule has 3 amide bonds. The van der Waals surface area contributed by atoms with E-state index in [1.165, 1.54) is 0 Å². The summed E-state index contributed by atoms with van der Waals surface area (Å²) in [6.07, 6.45) is 2.63. The van der Waals surface area contributed by atoms with Crippen LogP contribution in [0.3, 0.4) is 0 Å². The highest BCUT2D eigenvalue weighted by atomic mass is 35.5. The number of imide groups is 1. The molecule has 126 valence electrons. The maximum Gasteiger partial charge on any atom is 0.243 e. The number of halogens is 1. The van der Waals surface area contributed by atoms with Gasteiger partial charge in [0.05, 0.1) is 11.8 Å². The van der Waals surface area contributed by atoms with Gasteiger partial charge in [-0.25, -0.2) is 0 Å². The Morgan fingerprint density at radius 2 is 1.92 bits per heavy atom. The number of carbonyl (C=O) groups excluding carboxylic acids is 3. The molecule has 1 aliphatic carbocycles. The van der Waals surface area contributed by atoms with E-state index in [-0.39, 0.29) is 23.6 Å². The molecular weight excluding hydrogens is 328 g/mol. The molecule has 2 aliphatic rings. The largest absolute Gasteiger partial charge is 0.350 e. The number of nitrogens with one attached hydrogen (secondary N) is 1. The standard InChI is InChI=1S/C18H19ClN2O3/c1-11(16(22)20-10-12-5-3-2-4-6-12)21-17(23)14-8-7-13(19)9-15(14)18(21)24/h2-7,11,14-15H,8-10H2,1H3,(H,20,22). The third kappa shape index (κ3) is 3.08. The highest BCUT2D eigenvalue weighted by Gasteiger charge is 2.50. The maximum atomic E-state index is 12.6. The summed E-state index contributed by atoms with van der Waals surface area (Å²) in [5.41, 5.74) is 0.960. The highest BCUT2D eigenvalue weighted by Crippen LogP contribution is 2.39. The van der Waals surface area contributed by atoms with Gasteiger partial charge in [-0.15, -0.1) is 0 Å². The third-order valence-corrected chi connectivity index (χ3v) is 4.99. The second-order valence-electron chi connectivity index (χ2n) is 6.23. The molecule has 0 bridgehead atoms. The molecule has 3 atom stereocenters. The van der Waals surface area contributed by atoms with Crippen LogP contribution in [0.15, 0.2) is 41.4 Å². The first-order valence-electron chi connectivity index (χ1n) is 8.02. The van der Waals surface area contributed by atoms with E-state index in [0.29, 0.717) is 24.4 Å². The van der Waals surface area contributed by atoms with Gasteiger partial charge in [0, 0.05) is 11.6 Å². The summed E-state index contributed by atoms with van der Waals surface area (Å²) in [5.74, 6) is -1.71. The van der Waals surface area contributed by atoms with E-state index in [2.05, 4.69) is 5.32 Å². The van der Waals surface area contributed by atoms with Crippen molar-refractivity contribution in [2.45, 2.75) is 32.4 Å². The van der Waals surface area contributed by atoms with Crippen molar-refractivity contribution in [2.75, 3.05) is 0 Å². The summed E-state index contributed by atoms with van der Waals surface area (Å²) in [7, 11) is 0. The van der Waals surface area contributed by atoms with Crippen molar-refractivity contribution in [3.05, 3.63) is 47.0 Å². The van der Waals surface area contributed by atoms with Gasteiger partial charge in [-0.05, 0) is 25.3 Å². The highest BCUT2D eigenvalue weighted by molar-refractivity contribution is 6.30. The number of rotatable bonds is 4. The summed E-state index contributed by atoms with van der Waals surface area (Å²) in [6.45, 7) is 1.95. The molecular formula is C18H19ClN2O3. The molecule has 1 aliphatic heterocycles. The first-order valence-corrected chi connectivity index (χ1v) is 8.40. The van der Waals surface area contributed by atoms with E-state index >= 15 is 0 Å². The Hall–Kier alpha value is -2.14. The number of allylic oxidation sites excluding steroid dienone is 2. The molecule has 1 saturated heterocycles. The van der Waals surface area contributed by atoms with Crippen molar-refractivity contribution in [1.82, 2.24) is 10.2 Å². The van der Waals surface area contributed by atoms with Crippen molar-refractivity contribution in [3.8, 4) is 0 Å². The second kappa shape index (κ2) is 6.77. The lowest BCUT2D eigenvalue weighted by atomic mass is 9.85.